The molecule has 0 radical (unpaired) electrons. The fraction of sp³-hybridized carbons (Fsp3) is 0.0909. The van der Waals surface area contributed by atoms with Gasteiger partial charge in [0, 0.05) is 48.5 Å². The zero-order valence-electron chi connectivity index (χ0n) is 15.6. The number of carbonyl (C=O) groups excluding carboxylic acids is 3. The van der Waals surface area contributed by atoms with E-state index in [1.54, 1.807) is 66.3 Å². The van der Waals surface area contributed by atoms with E-state index >= 15 is 0 Å². The molecule has 0 saturated heterocycles. The Morgan fingerprint density at radius 2 is 1.71 bits per heavy atom. The number of amides is 1. The Kier molecular flexibility index (Phi) is 5.60. The highest BCUT2D eigenvalue weighted by molar-refractivity contribution is 6.09. The van der Waals surface area contributed by atoms with Gasteiger partial charge < -0.3 is 4.57 Å². The van der Waals surface area contributed by atoms with Crippen LogP contribution in [0, 0.1) is 0 Å². The monoisotopic (exact) mass is 373 g/mol. The number of aryl methyl sites for hydroxylation is 1. The second kappa shape index (κ2) is 8.26. The highest BCUT2D eigenvalue weighted by Gasteiger charge is 2.20. The van der Waals surface area contributed by atoms with Crippen LogP contribution in [0.1, 0.15) is 38.3 Å². The van der Waals surface area contributed by atoms with E-state index < -0.39 is 5.91 Å². The molecule has 1 aromatic heterocycles. The van der Waals surface area contributed by atoms with Crippen LogP contribution in [0.15, 0.2) is 79.3 Å². The lowest BCUT2D eigenvalue weighted by Crippen LogP contribution is -2.28. The Labute approximate surface area is 162 Å². The molecule has 0 fully saturated rings. The Morgan fingerprint density at radius 3 is 2.36 bits per heavy atom. The van der Waals surface area contributed by atoms with Gasteiger partial charge in [0.1, 0.15) is 0 Å². The first-order valence-electron chi connectivity index (χ1n) is 8.67. The molecule has 2 aromatic carbocycles. The smallest absolute Gasteiger partial charge is 0.298 e. The predicted molar refractivity (Wildman–Crippen MR) is 106 cm³/mol. The van der Waals surface area contributed by atoms with Crippen molar-refractivity contribution in [1.82, 2.24) is 9.55 Å². The molecule has 3 rings (SSSR count). The van der Waals surface area contributed by atoms with Crippen molar-refractivity contribution in [3.05, 3.63) is 96.2 Å². The molecule has 140 valence electrons. The Hall–Kier alpha value is -3.80. The molecule has 0 unspecified atom stereocenters. The van der Waals surface area contributed by atoms with Gasteiger partial charge in [-0.25, -0.2) is 4.98 Å². The third kappa shape index (κ3) is 4.12. The highest BCUT2D eigenvalue weighted by Crippen LogP contribution is 2.20. The average molecular weight is 373 g/mol. The summed E-state index contributed by atoms with van der Waals surface area (Å²) < 4.78 is 1.59. The van der Waals surface area contributed by atoms with Crippen molar-refractivity contribution < 1.29 is 14.4 Å². The summed E-state index contributed by atoms with van der Waals surface area (Å²) in [5, 5.41) is 0. The molecule has 0 N–H and O–H groups in total. The highest BCUT2D eigenvalue weighted by atomic mass is 16.2. The van der Waals surface area contributed by atoms with Gasteiger partial charge in [-0.1, -0.05) is 42.5 Å². The van der Waals surface area contributed by atoms with Crippen LogP contribution in [-0.4, -0.2) is 27.0 Å². The van der Waals surface area contributed by atoms with Crippen LogP contribution in [0.2, 0.25) is 0 Å². The maximum Gasteiger partial charge on any atom is 0.298 e. The van der Waals surface area contributed by atoms with E-state index in [9.17, 15) is 14.4 Å². The molecule has 1 amide bonds. The molecule has 0 spiro atoms. The quantitative estimate of drug-likeness (QED) is 0.488. The topological polar surface area (TPSA) is 72.3 Å². The summed E-state index contributed by atoms with van der Waals surface area (Å²) in [7, 11) is 1.71. The Morgan fingerprint density at radius 1 is 1.00 bits per heavy atom. The van der Waals surface area contributed by atoms with Gasteiger partial charge >= 0.3 is 0 Å². The average Bonchev–Trinajstić information content (AvgIpc) is 3.14. The maximum atomic E-state index is 13.1. The zero-order valence-corrected chi connectivity index (χ0v) is 15.6. The molecule has 6 heteroatoms. The molecule has 0 aliphatic rings. The lowest BCUT2D eigenvalue weighted by molar-refractivity contribution is 0.0981. The van der Waals surface area contributed by atoms with Gasteiger partial charge in [0.05, 0.1) is 0 Å². The van der Waals surface area contributed by atoms with Crippen molar-refractivity contribution in [2.24, 2.45) is 7.05 Å². The third-order valence-corrected chi connectivity index (χ3v) is 4.20. The van der Waals surface area contributed by atoms with Gasteiger partial charge in [0.2, 0.25) is 0 Å². The van der Waals surface area contributed by atoms with Crippen LogP contribution in [0.3, 0.4) is 0 Å². The molecule has 0 saturated carbocycles. The van der Waals surface area contributed by atoms with Crippen molar-refractivity contribution in [2.75, 3.05) is 4.90 Å². The molecule has 3 aromatic rings. The lowest BCUT2D eigenvalue weighted by atomic mass is 10.1. The predicted octanol–water partition coefficient (Wildman–Crippen LogP) is 3.67. The van der Waals surface area contributed by atoms with Crippen molar-refractivity contribution in [3.63, 3.8) is 0 Å². The van der Waals surface area contributed by atoms with Gasteiger partial charge in [-0.2, -0.15) is 0 Å². The van der Waals surface area contributed by atoms with E-state index in [4.69, 9.17) is 0 Å². The van der Waals surface area contributed by atoms with Crippen molar-refractivity contribution in [1.29, 1.82) is 0 Å². The number of hydrogen-bond donors (Lipinski definition) is 0. The van der Waals surface area contributed by atoms with Crippen LogP contribution >= 0.6 is 0 Å². The van der Waals surface area contributed by atoms with E-state index in [-0.39, 0.29) is 17.4 Å². The van der Waals surface area contributed by atoms with Crippen LogP contribution in [0.5, 0.6) is 0 Å². The number of ketones is 2. The first-order valence-corrected chi connectivity index (χ1v) is 8.67. The maximum absolute atomic E-state index is 13.1. The van der Waals surface area contributed by atoms with E-state index in [2.05, 4.69) is 4.98 Å². The van der Waals surface area contributed by atoms with Crippen LogP contribution < -0.4 is 4.90 Å². The molecule has 0 bridgehead atoms. The number of Topliss-reactive ketones (excluding diaryl/α,β-unsaturated/α-hetero) is 1. The molecule has 6 nitrogen and oxygen atoms in total. The van der Waals surface area contributed by atoms with Crippen LogP contribution in [0.25, 0.3) is 0 Å². The van der Waals surface area contributed by atoms with Crippen molar-refractivity contribution in [2.45, 2.75) is 6.92 Å². The summed E-state index contributed by atoms with van der Waals surface area (Å²) in [6.07, 6.45) is 5.93. The van der Waals surface area contributed by atoms with Crippen molar-refractivity contribution >= 4 is 23.2 Å². The summed E-state index contributed by atoms with van der Waals surface area (Å²) in [6.45, 7) is 1.46. The van der Waals surface area contributed by atoms with E-state index in [0.29, 0.717) is 16.8 Å². The van der Waals surface area contributed by atoms with Crippen molar-refractivity contribution in [3.8, 4) is 0 Å². The normalized spacial score (nSPS) is 10.8. The number of anilines is 1. The number of nitrogens with zero attached hydrogens (tertiary/aromatic N) is 3. The van der Waals surface area contributed by atoms with Crippen LogP contribution in [0.4, 0.5) is 5.69 Å². The molecule has 0 atom stereocenters. The summed E-state index contributed by atoms with van der Waals surface area (Å²) >= 11 is 0. The molecule has 0 aliphatic carbocycles. The molecule has 0 aliphatic heterocycles. The number of rotatable bonds is 6. The van der Waals surface area contributed by atoms with Gasteiger partial charge in [-0.05, 0) is 19.1 Å². The van der Waals surface area contributed by atoms with Crippen LogP contribution in [-0.2, 0) is 7.05 Å². The first-order chi connectivity index (χ1) is 13.5. The van der Waals surface area contributed by atoms with Gasteiger partial charge in [-0.3, -0.25) is 19.3 Å². The largest absolute Gasteiger partial charge is 0.330 e. The fourth-order valence-corrected chi connectivity index (χ4v) is 2.67. The standard InChI is InChI=1S/C22H19N3O3/c1-16(26)18-9-6-10-19(15-18)25(22(28)21-23-12-14-24(21)2)13-11-20(27)17-7-4-3-5-8-17/h3-15H,1-2H3/b13-11+. The number of carbonyl (C=O) groups is 3. The van der Waals surface area contributed by atoms with Gasteiger partial charge in [0.15, 0.2) is 17.4 Å². The summed E-state index contributed by atoms with van der Waals surface area (Å²) in [4.78, 5) is 42.6. The van der Waals surface area contributed by atoms with E-state index in [1.165, 1.54) is 30.3 Å². The second-order valence-electron chi connectivity index (χ2n) is 6.19. The van der Waals surface area contributed by atoms with E-state index in [0.717, 1.165) is 0 Å². The minimum atomic E-state index is -0.412. The number of allylic oxidation sites excluding steroid dienone is 1. The fourth-order valence-electron chi connectivity index (χ4n) is 2.67. The summed E-state index contributed by atoms with van der Waals surface area (Å²) in [5.41, 5.74) is 1.45. The van der Waals surface area contributed by atoms with Gasteiger partial charge in [-0.15, -0.1) is 0 Å². The minimum Gasteiger partial charge on any atom is -0.330 e. The summed E-state index contributed by atoms with van der Waals surface area (Å²) in [5.74, 6) is -0.549. The molecule has 1 heterocycles. The molecular weight excluding hydrogens is 354 g/mol. The lowest BCUT2D eigenvalue weighted by Gasteiger charge is -2.19. The number of imidazole rings is 1. The second-order valence-corrected chi connectivity index (χ2v) is 6.19. The minimum absolute atomic E-state index is 0.115. The van der Waals surface area contributed by atoms with Gasteiger partial charge in [0.25, 0.3) is 5.91 Å². The Balaban J connectivity index is 1.99. The summed E-state index contributed by atoms with van der Waals surface area (Å²) in [6, 6.07) is 15.5. The number of hydrogen-bond acceptors (Lipinski definition) is 4. The zero-order chi connectivity index (χ0) is 20.1. The third-order valence-electron chi connectivity index (χ3n) is 4.20. The number of aromatic nitrogens is 2. The van der Waals surface area contributed by atoms with E-state index in [1.807, 2.05) is 6.07 Å². The SMILES string of the molecule is CC(=O)c1cccc(N(/C=C/C(=O)c2ccccc2)C(=O)c2nccn2C)c1. The molecule has 28 heavy (non-hydrogen) atoms. The molecular formula is C22H19N3O3. The first kappa shape index (κ1) is 19.0. The Bertz CT molecular complexity index is 1050. The number of benzene rings is 2.